The van der Waals surface area contributed by atoms with E-state index in [2.05, 4.69) is 0 Å². The van der Waals surface area contributed by atoms with Crippen molar-refractivity contribution in [3.05, 3.63) is 75.0 Å². The zero-order chi connectivity index (χ0) is 17.7. The van der Waals surface area contributed by atoms with Crippen molar-refractivity contribution in [3.63, 3.8) is 0 Å². The molecule has 24 heavy (non-hydrogen) atoms. The Labute approximate surface area is 139 Å². The number of ether oxygens (including phenoxy) is 2. The minimum Gasteiger partial charge on any atom is -0.493 e. The van der Waals surface area contributed by atoms with Crippen molar-refractivity contribution in [3.8, 4) is 11.5 Å². The zero-order valence-electron chi connectivity index (χ0n) is 13.6. The average Bonchev–Trinajstić information content (AvgIpc) is 2.56. The van der Waals surface area contributed by atoms with E-state index < -0.39 is 10.9 Å². The third-order valence-electron chi connectivity index (χ3n) is 3.34. The van der Waals surface area contributed by atoms with Crippen molar-refractivity contribution in [2.24, 2.45) is 0 Å². The van der Waals surface area contributed by atoms with E-state index in [0.29, 0.717) is 16.9 Å². The Hall–Kier alpha value is -3.15. The van der Waals surface area contributed by atoms with E-state index in [1.54, 1.807) is 30.3 Å². The summed E-state index contributed by atoms with van der Waals surface area (Å²) in [4.78, 5) is 22.4. The molecule has 2 aromatic carbocycles. The number of allylic oxidation sites excluding steroid dienone is 1. The quantitative estimate of drug-likeness (QED) is 0.360. The second kappa shape index (κ2) is 7.41. The van der Waals surface area contributed by atoms with Gasteiger partial charge in [0.15, 0.2) is 11.5 Å². The number of benzene rings is 2. The van der Waals surface area contributed by atoms with Gasteiger partial charge in [-0.1, -0.05) is 23.8 Å². The summed E-state index contributed by atoms with van der Waals surface area (Å²) in [6.07, 6.45) is 1.41. The summed E-state index contributed by atoms with van der Waals surface area (Å²) >= 11 is 0. The molecule has 124 valence electrons. The molecule has 0 unspecified atom stereocenters. The number of hydrogen-bond donors (Lipinski definition) is 0. The highest BCUT2D eigenvalue weighted by Gasteiger charge is 2.13. The molecule has 0 aliphatic carbocycles. The molecule has 0 aromatic heterocycles. The molecule has 0 radical (unpaired) electrons. The lowest BCUT2D eigenvalue weighted by molar-refractivity contribution is -0.422. The van der Waals surface area contributed by atoms with Crippen molar-refractivity contribution in [1.29, 1.82) is 0 Å². The van der Waals surface area contributed by atoms with Crippen molar-refractivity contribution in [2.75, 3.05) is 7.11 Å². The Bertz CT molecular complexity index is 794. The summed E-state index contributed by atoms with van der Waals surface area (Å²) in [5.74, 6) is 0.0670. The molecule has 0 aliphatic rings. The van der Waals surface area contributed by atoms with Crippen LogP contribution in [0.1, 0.15) is 28.4 Å². The van der Waals surface area contributed by atoms with Crippen LogP contribution in [0.15, 0.2) is 48.2 Å². The van der Waals surface area contributed by atoms with Gasteiger partial charge in [-0.05, 0) is 36.8 Å². The molecule has 0 bridgehead atoms. The highest BCUT2D eigenvalue weighted by atomic mass is 16.6. The summed E-state index contributed by atoms with van der Waals surface area (Å²) in [7, 11) is 1.44. The van der Waals surface area contributed by atoms with Gasteiger partial charge in [0.25, 0.3) is 0 Å². The van der Waals surface area contributed by atoms with Crippen molar-refractivity contribution in [2.45, 2.75) is 13.8 Å². The fourth-order valence-corrected chi connectivity index (χ4v) is 2.00. The van der Waals surface area contributed by atoms with E-state index in [1.807, 2.05) is 19.1 Å². The summed E-state index contributed by atoms with van der Waals surface area (Å²) in [5, 5.41) is 10.7. The van der Waals surface area contributed by atoms with Crippen LogP contribution in [-0.4, -0.2) is 18.0 Å². The molecule has 2 aromatic rings. The van der Waals surface area contributed by atoms with Gasteiger partial charge in [-0.25, -0.2) is 4.79 Å². The van der Waals surface area contributed by atoms with Gasteiger partial charge in [-0.2, -0.15) is 0 Å². The maximum atomic E-state index is 12.2. The van der Waals surface area contributed by atoms with Gasteiger partial charge in [-0.15, -0.1) is 0 Å². The number of rotatable bonds is 5. The second-order valence-corrected chi connectivity index (χ2v) is 5.21. The smallest absolute Gasteiger partial charge is 0.343 e. The fourth-order valence-electron chi connectivity index (χ4n) is 2.00. The molecule has 0 amide bonds. The van der Waals surface area contributed by atoms with Gasteiger partial charge >= 0.3 is 5.97 Å². The van der Waals surface area contributed by atoms with Gasteiger partial charge in [0.1, 0.15) is 0 Å². The number of esters is 1. The number of nitro groups is 1. The molecule has 0 fully saturated rings. The average molecular weight is 327 g/mol. The predicted octanol–water partition coefficient (Wildman–Crippen LogP) is 3.86. The highest BCUT2D eigenvalue weighted by Crippen LogP contribution is 2.29. The van der Waals surface area contributed by atoms with Crippen LogP contribution >= 0.6 is 0 Å². The topological polar surface area (TPSA) is 78.7 Å². The van der Waals surface area contributed by atoms with Gasteiger partial charge in [0.2, 0.25) is 5.70 Å². The van der Waals surface area contributed by atoms with Gasteiger partial charge < -0.3 is 9.47 Å². The monoisotopic (exact) mass is 327 g/mol. The lowest BCUT2D eigenvalue weighted by Crippen LogP contribution is -2.09. The van der Waals surface area contributed by atoms with Crippen LogP contribution in [0, 0.1) is 17.0 Å². The van der Waals surface area contributed by atoms with Crippen LogP contribution in [0.3, 0.4) is 0 Å². The van der Waals surface area contributed by atoms with Gasteiger partial charge in [-0.3, -0.25) is 10.1 Å². The molecular weight excluding hydrogens is 310 g/mol. The van der Waals surface area contributed by atoms with Crippen LogP contribution in [-0.2, 0) is 0 Å². The summed E-state index contributed by atoms with van der Waals surface area (Å²) in [5.41, 5.74) is 2.05. The molecule has 0 saturated carbocycles. The Balaban J connectivity index is 2.24. The first kappa shape index (κ1) is 17.2. The molecule has 0 heterocycles. The first-order valence-electron chi connectivity index (χ1n) is 7.20. The van der Waals surface area contributed by atoms with Gasteiger partial charge in [0, 0.05) is 13.0 Å². The van der Waals surface area contributed by atoms with Crippen molar-refractivity contribution in [1.82, 2.24) is 0 Å². The molecular formula is C18H17NO5. The van der Waals surface area contributed by atoms with E-state index >= 15 is 0 Å². The standard InChI is InChI=1S/C18H17NO5/c1-12-4-7-15(8-5-12)18(20)24-16-9-6-14(11-17(16)23-3)10-13(2)19(21)22/h4-11H,1-3H3/b13-10-. The largest absolute Gasteiger partial charge is 0.493 e. The predicted molar refractivity (Wildman–Crippen MR) is 89.8 cm³/mol. The Kier molecular flexibility index (Phi) is 5.31. The highest BCUT2D eigenvalue weighted by molar-refractivity contribution is 5.91. The number of methoxy groups -OCH3 is 1. The molecule has 0 N–H and O–H groups in total. The minimum absolute atomic E-state index is 0.00135. The molecule has 0 atom stereocenters. The number of aryl methyl sites for hydroxylation is 1. The third kappa shape index (κ3) is 4.19. The molecule has 0 aliphatic heterocycles. The van der Waals surface area contributed by atoms with Crippen LogP contribution in [0.4, 0.5) is 0 Å². The number of carbonyl (C=O) groups is 1. The second-order valence-electron chi connectivity index (χ2n) is 5.21. The van der Waals surface area contributed by atoms with Crippen LogP contribution in [0.2, 0.25) is 0 Å². The van der Waals surface area contributed by atoms with Gasteiger partial charge in [0.05, 0.1) is 17.6 Å². The first-order valence-corrected chi connectivity index (χ1v) is 7.20. The Morgan fingerprint density at radius 2 is 1.79 bits per heavy atom. The minimum atomic E-state index is -0.502. The Morgan fingerprint density at radius 1 is 1.12 bits per heavy atom. The summed E-state index contributed by atoms with van der Waals surface area (Å²) in [6.45, 7) is 3.33. The number of hydrogen-bond acceptors (Lipinski definition) is 5. The van der Waals surface area contributed by atoms with E-state index in [1.165, 1.54) is 20.1 Å². The zero-order valence-corrected chi connectivity index (χ0v) is 13.6. The molecule has 6 heteroatoms. The fraction of sp³-hybridized carbons (Fsp3) is 0.167. The third-order valence-corrected chi connectivity index (χ3v) is 3.34. The SMILES string of the molecule is COc1cc(/C=C(/C)[N+](=O)[O-])ccc1OC(=O)c1ccc(C)cc1. The molecule has 6 nitrogen and oxygen atoms in total. The van der Waals surface area contributed by atoms with Crippen molar-refractivity contribution >= 4 is 12.0 Å². The normalized spacial score (nSPS) is 11.0. The molecule has 2 rings (SSSR count). The first-order chi connectivity index (χ1) is 11.4. The van der Waals surface area contributed by atoms with Crippen LogP contribution in [0.25, 0.3) is 6.08 Å². The lowest BCUT2D eigenvalue weighted by atomic mass is 10.1. The summed E-state index contributed by atoms with van der Waals surface area (Å²) < 4.78 is 10.6. The Morgan fingerprint density at radius 3 is 2.38 bits per heavy atom. The van der Waals surface area contributed by atoms with Crippen LogP contribution < -0.4 is 9.47 Å². The van der Waals surface area contributed by atoms with Crippen molar-refractivity contribution < 1.29 is 19.2 Å². The molecule has 0 saturated heterocycles. The maximum absolute atomic E-state index is 12.2. The maximum Gasteiger partial charge on any atom is 0.343 e. The number of carbonyl (C=O) groups excluding carboxylic acids is 1. The van der Waals surface area contributed by atoms with Crippen LogP contribution in [0.5, 0.6) is 11.5 Å². The van der Waals surface area contributed by atoms with E-state index in [-0.39, 0.29) is 11.4 Å². The van der Waals surface area contributed by atoms with E-state index in [9.17, 15) is 14.9 Å². The van der Waals surface area contributed by atoms with E-state index in [4.69, 9.17) is 9.47 Å². The molecule has 0 spiro atoms. The lowest BCUT2D eigenvalue weighted by Gasteiger charge is -2.10. The number of nitrogens with zero attached hydrogens (tertiary/aromatic N) is 1. The summed E-state index contributed by atoms with van der Waals surface area (Å²) in [6, 6.07) is 11.7. The van der Waals surface area contributed by atoms with E-state index in [0.717, 1.165) is 5.56 Å².